The summed E-state index contributed by atoms with van der Waals surface area (Å²) in [5.41, 5.74) is 0. The van der Waals surface area contributed by atoms with E-state index in [4.69, 9.17) is 0 Å². The smallest absolute Gasteiger partial charge is 0.235 e. The van der Waals surface area contributed by atoms with E-state index in [0.717, 1.165) is 19.4 Å². The van der Waals surface area contributed by atoms with Crippen LogP contribution in [0.2, 0.25) is 0 Å². The number of hydrogen-bond acceptors (Lipinski definition) is 2. The van der Waals surface area contributed by atoms with E-state index in [1.54, 1.807) is 0 Å². The molecule has 1 fully saturated rings. The Labute approximate surface area is 60.8 Å². The first-order valence-electron chi connectivity index (χ1n) is 3.22. The minimum atomic E-state index is 0.171. The fourth-order valence-corrected chi connectivity index (χ4v) is 1.37. The van der Waals surface area contributed by atoms with Gasteiger partial charge in [0.05, 0.1) is 0 Å². The third-order valence-electron chi connectivity index (χ3n) is 1.68. The van der Waals surface area contributed by atoms with Crippen molar-refractivity contribution in [1.29, 1.82) is 0 Å². The quantitative estimate of drug-likeness (QED) is 0.506. The Hall–Kier alpha value is -0.180. The van der Waals surface area contributed by atoms with E-state index < -0.39 is 0 Å². The maximum atomic E-state index is 11.0. The summed E-state index contributed by atoms with van der Waals surface area (Å²) in [5, 5.41) is 0. The lowest BCUT2D eigenvalue weighted by Gasteiger charge is -2.25. The van der Waals surface area contributed by atoms with Crippen LogP contribution in [0.1, 0.15) is 19.8 Å². The van der Waals surface area contributed by atoms with E-state index in [1.807, 2.05) is 6.92 Å². The highest BCUT2D eigenvalue weighted by Gasteiger charge is 2.22. The number of carbonyl (C=O) groups is 1. The molecule has 1 rings (SSSR count). The molecule has 0 aromatic rings. The van der Waals surface area contributed by atoms with Crippen molar-refractivity contribution >= 4 is 18.7 Å². The average molecular weight is 145 g/mol. The Kier molecular flexibility index (Phi) is 2.01. The fourth-order valence-electron chi connectivity index (χ4n) is 1.04. The molecule has 52 valence electrons. The molecule has 1 unspecified atom stereocenters. The monoisotopic (exact) mass is 145 g/mol. The Bertz CT molecular complexity index is 114. The molecule has 3 heteroatoms. The van der Waals surface area contributed by atoms with Gasteiger partial charge in [-0.2, -0.15) is 0 Å². The van der Waals surface area contributed by atoms with E-state index in [2.05, 4.69) is 12.8 Å². The lowest BCUT2D eigenvalue weighted by molar-refractivity contribution is -0.131. The van der Waals surface area contributed by atoms with Gasteiger partial charge in [0.25, 0.3) is 0 Å². The number of hydrogen-bond donors (Lipinski definition) is 1. The molecule has 0 aromatic carbocycles. The van der Waals surface area contributed by atoms with E-state index in [-0.39, 0.29) is 11.8 Å². The second-order valence-corrected chi connectivity index (χ2v) is 2.99. The predicted octanol–water partition coefficient (Wildman–Crippen LogP) is 1.09. The van der Waals surface area contributed by atoms with Crippen molar-refractivity contribution in [2.45, 2.75) is 19.8 Å². The highest BCUT2D eigenvalue weighted by Crippen LogP contribution is 2.17. The van der Waals surface area contributed by atoms with Crippen LogP contribution in [0.15, 0.2) is 0 Å². The van der Waals surface area contributed by atoms with Crippen molar-refractivity contribution in [1.82, 2.24) is 4.31 Å². The summed E-state index contributed by atoms with van der Waals surface area (Å²) >= 11 is 4.00. The van der Waals surface area contributed by atoms with Gasteiger partial charge >= 0.3 is 0 Å². The maximum Gasteiger partial charge on any atom is 0.235 e. The van der Waals surface area contributed by atoms with Gasteiger partial charge in [-0.15, -0.1) is 0 Å². The topological polar surface area (TPSA) is 20.3 Å². The SMILES string of the molecule is CC1CCCN(S)C1=O. The number of rotatable bonds is 0. The Balaban J connectivity index is 2.52. The van der Waals surface area contributed by atoms with Crippen LogP contribution < -0.4 is 0 Å². The fraction of sp³-hybridized carbons (Fsp3) is 0.833. The lowest BCUT2D eigenvalue weighted by atomic mass is 10.0. The van der Waals surface area contributed by atoms with Gasteiger partial charge < -0.3 is 0 Å². The normalized spacial score (nSPS) is 28.9. The predicted molar refractivity (Wildman–Crippen MR) is 39.1 cm³/mol. The third-order valence-corrected chi connectivity index (χ3v) is 2.08. The van der Waals surface area contributed by atoms with Crippen LogP contribution in [0.3, 0.4) is 0 Å². The molecule has 9 heavy (non-hydrogen) atoms. The summed E-state index contributed by atoms with van der Waals surface area (Å²) in [6, 6.07) is 0. The van der Waals surface area contributed by atoms with Crippen molar-refractivity contribution in [2.24, 2.45) is 5.92 Å². The summed E-state index contributed by atoms with van der Waals surface area (Å²) in [6.07, 6.45) is 2.12. The first-order chi connectivity index (χ1) is 4.22. The second-order valence-electron chi connectivity index (χ2n) is 2.50. The molecule has 1 heterocycles. The highest BCUT2D eigenvalue weighted by atomic mass is 32.1. The van der Waals surface area contributed by atoms with Crippen LogP contribution in [0.4, 0.5) is 0 Å². The number of amides is 1. The van der Waals surface area contributed by atoms with Gasteiger partial charge in [0, 0.05) is 12.5 Å². The van der Waals surface area contributed by atoms with E-state index >= 15 is 0 Å². The van der Waals surface area contributed by atoms with Crippen molar-refractivity contribution in [2.75, 3.05) is 6.54 Å². The molecule has 1 amide bonds. The van der Waals surface area contributed by atoms with Crippen molar-refractivity contribution in [3.05, 3.63) is 0 Å². The summed E-state index contributed by atoms with van der Waals surface area (Å²) in [5.74, 6) is 0.362. The molecule has 0 spiro atoms. The standard InChI is InChI=1S/C6H11NOS/c1-5-3-2-4-7(9)6(5)8/h5,9H,2-4H2,1H3. The lowest BCUT2D eigenvalue weighted by Crippen LogP contribution is -2.33. The van der Waals surface area contributed by atoms with Gasteiger partial charge in [-0.3, -0.25) is 9.10 Å². The number of thiol groups is 1. The molecule has 1 atom stereocenters. The molecule has 0 bridgehead atoms. The zero-order valence-corrected chi connectivity index (χ0v) is 6.40. The Morgan fingerprint density at radius 3 is 2.89 bits per heavy atom. The van der Waals surface area contributed by atoms with Gasteiger partial charge in [-0.05, 0) is 12.8 Å². The number of carbonyl (C=O) groups excluding carboxylic acids is 1. The molecule has 0 aliphatic carbocycles. The molecular formula is C6H11NOS. The second kappa shape index (κ2) is 2.60. The van der Waals surface area contributed by atoms with Crippen molar-refractivity contribution < 1.29 is 4.79 Å². The Morgan fingerprint density at radius 2 is 2.44 bits per heavy atom. The van der Waals surface area contributed by atoms with Crippen LogP contribution in [-0.4, -0.2) is 16.8 Å². The van der Waals surface area contributed by atoms with Crippen LogP contribution in [0, 0.1) is 5.92 Å². The molecule has 2 nitrogen and oxygen atoms in total. The van der Waals surface area contributed by atoms with Crippen LogP contribution in [-0.2, 0) is 4.79 Å². The van der Waals surface area contributed by atoms with Gasteiger partial charge in [0.1, 0.15) is 0 Å². The molecule has 0 aromatic heterocycles. The summed E-state index contributed by atoms with van der Waals surface area (Å²) in [4.78, 5) is 11.0. The molecule has 0 radical (unpaired) electrons. The minimum absolute atomic E-state index is 0.171. The first kappa shape index (κ1) is 6.93. The number of nitrogens with zero attached hydrogens (tertiary/aromatic N) is 1. The summed E-state index contributed by atoms with van der Waals surface area (Å²) < 4.78 is 1.51. The van der Waals surface area contributed by atoms with E-state index in [1.165, 1.54) is 4.31 Å². The largest absolute Gasteiger partial charge is 0.289 e. The highest BCUT2D eigenvalue weighted by molar-refractivity contribution is 7.78. The average Bonchev–Trinajstić information content (AvgIpc) is 1.83. The van der Waals surface area contributed by atoms with Crippen LogP contribution >= 0.6 is 12.8 Å². The first-order valence-corrected chi connectivity index (χ1v) is 3.62. The number of piperidine rings is 1. The minimum Gasteiger partial charge on any atom is -0.289 e. The summed E-state index contributed by atoms with van der Waals surface area (Å²) in [6.45, 7) is 2.76. The van der Waals surface area contributed by atoms with Crippen LogP contribution in [0.5, 0.6) is 0 Å². The van der Waals surface area contributed by atoms with Crippen LogP contribution in [0.25, 0.3) is 0 Å². The third kappa shape index (κ3) is 1.39. The van der Waals surface area contributed by atoms with Gasteiger partial charge in [-0.25, -0.2) is 0 Å². The zero-order valence-electron chi connectivity index (χ0n) is 5.50. The molecule has 1 aliphatic rings. The molecule has 0 saturated carbocycles. The molecule has 1 aliphatic heterocycles. The van der Waals surface area contributed by atoms with E-state index in [9.17, 15) is 4.79 Å². The van der Waals surface area contributed by atoms with Gasteiger partial charge in [0.2, 0.25) is 5.91 Å². The van der Waals surface area contributed by atoms with Crippen molar-refractivity contribution in [3.8, 4) is 0 Å². The maximum absolute atomic E-state index is 11.0. The molecule has 0 N–H and O–H groups in total. The zero-order chi connectivity index (χ0) is 6.85. The molecule has 1 saturated heterocycles. The summed E-state index contributed by atoms with van der Waals surface area (Å²) in [7, 11) is 0. The Morgan fingerprint density at radius 1 is 1.78 bits per heavy atom. The van der Waals surface area contributed by atoms with Gasteiger partial charge in [-0.1, -0.05) is 19.7 Å². The molecular weight excluding hydrogens is 134 g/mol. The van der Waals surface area contributed by atoms with Crippen molar-refractivity contribution in [3.63, 3.8) is 0 Å². The van der Waals surface area contributed by atoms with Gasteiger partial charge in [0.15, 0.2) is 0 Å². The van der Waals surface area contributed by atoms with E-state index in [0.29, 0.717) is 0 Å².